The maximum absolute atomic E-state index is 4.67. The number of benzene rings is 3. The van der Waals surface area contributed by atoms with Crippen molar-refractivity contribution in [2.24, 2.45) is 0 Å². The summed E-state index contributed by atoms with van der Waals surface area (Å²) in [4.78, 5) is 18.0. The summed E-state index contributed by atoms with van der Waals surface area (Å²) >= 11 is 0. The van der Waals surface area contributed by atoms with E-state index in [1.54, 1.807) is 12.4 Å². The summed E-state index contributed by atoms with van der Waals surface area (Å²) in [5.41, 5.74) is 6.96. The fourth-order valence-corrected chi connectivity index (χ4v) is 3.83. The lowest BCUT2D eigenvalue weighted by Gasteiger charge is -2.08. The first kappa shape index (κ1) is 16.7. The average molecular weight is 384 g/mol. The van der Waals surface area contributed by atoms with Crippen molar-refractivity contribution in [1.82, 2.24) is 19.9 Å². The fraction of sp³-hybridized carbons (Fsp3) is 0. The van der Waals surface area contributed by atoms with E-state index in [9.17, 15) is 0 Å². The van der Waals surface area contributed by atoms with E-state index in [1.165, 1.54) is 0 Å². The molecule has 0 atom stereocenters. The van der Waals surface area contributed by atoms with E-state index in [0.717, 1.165) is 55.1 Å². The largest absolute Gasteiger partial charge is 0.256 e. The van der Waals surface area contributed by atoms with Crippen LogP contribution in [0.3, 0.4) is 0 Å². The summed E-state index contributed by atoms with van der Waals surface area (Å²) in [7, 11) is 0. The average Bonchev–Trinajstić information content (AvgIpc) is 2.82. The number of hydrogen-bond donors (Lipinski definition) is 0. The summed E-state index contributed by atoms with van der Waals surface area (Å²) in [5.74, 6) is 0. The first-order valence-corrected chi connectivity index (χ1v) is 9.80. The van der Waals surface area contributed by atoms with E-state index in [2.05, 4.69) is 56.3 Å². The number of nitrogens with zero attached hydrogens (tertiary/aromatic N) is 4. The van der Waals surface area contributed by atoms with Crippen molar-refractivity contribution in [3.05, 3.63) is 97.6 Å². The topological polar surface area (TPSA) is 51.6 Å². The Bertz CT molecular complexity index is 1440. The van der Waals surface area contributed by atoms with Gasteiger partial charge in [0.15, 0.2) is 0 Å². The van der Waals surface area contributed by atoms with Gasteiger partial charge in [0, 0.05) is 46.7 Å². The van der Waals surface area contributed by atoms with E-state index in [-0.39, 0.29) is 0 Å². The van der Waals surface area contributed by atoms with E-state index in [1.807, 2.05) is 48.8 Å². The standard InChI is InChI=1S/C26H16N4/c1-2-4-23-18(3-1)12-22(16-29-23)17-5-6-20-15-30-25(14-21(20)11-17)19-7-8-24-26(13-19)28-10-9-27-24/h1-16H. The van der Waals surface area contributed by atoms with Crippen LogP contribution in [0.2, 0.25) is 0 Å². The van der Waals surface area contributed by atoms with Gasteiger partial charge < -0.3 is 0 Å². The molecule has 4 heteroatoms. The van der Waals surface area contributed by atoms with Gasteiger partial charge in [-0.05, 0) is 47.3 Å². The van der Waals surface area contributed by atoms with E-state index in [4.69, 9.17) is 0 Å². The highest BCUT2D eigenvalue weighted by Gasteiger charge is 2.06. The minimum absolute atomic E-state index is 0.868. The van der Waals surface area contributed by atoms with Gasteiger partial charge in [0.2, 0.25) is 0 Å². The zero-order valence-corrected chi connectivity index (χ0v) is 16.0. The lowest BCUT2D eigenvalue weighted by Crippen LogP contribution is -1.88. The number of hydrogen-bond acceptors (Lipinski definition) is 4. The van der Waals surface area contributed by atoms with Gasteiger partial charge in [0.05, 0.1) is 22.2 Å². The van der Waals surface area contributed by atoms with Gasteiger partial charge in [-0.25, -0.2) is 0 Å². The molecule has 3 aromatic heterocycles. The smallest absolute Gasteiger partial charge is 0.0893 e. The molecule has 6 rings (SSSR count). The van der Waals surface area contributed by atoms with Crippen LogP contribution in [0.25, 0.3) is 55.1 Å². The number of para-hydroxylation sites is 1. The molecule has 3 heterocycles. The number of pyridine rings is 2. The van der Waals surface area contributed by atoms with Crippen LogP contribution < -0.4 is 0 Å². The molecule has 0 aliphatic carbocycles. The lowest BCUT2D eigenvalue weighted by molar-refractivity contribution is 1.29. The molecule has 0 fully saturated rings. The third-order valence-corrected chi connectivity index (χ3v) is 5.41. The second-order valence-electron chi connectivity index (χ2n) is 7.31. The molecule has 0 N–H and O–H groups in total. The Kier molecular flexibility index (Phi) is 3.74. The monoisotopic (exact) mass is 384 g/mol. The van der Waals surface area contributed by atoms with Crippen molar-refractivity contribution in [1.29, 1.82) is 0 Å². The normalized spacial score (nSPS) is 11.3. The third kappa shape index (κ3) is 2.86. The molecule has 30 heavy (non-hydrogen) atoms. The predicted octanol–water partition coefficient (Wildman–Crippen LogP) is 6.06. The molecular formula is C26H16N4. The van der Waals surface area contributed by atoms with E-state index >= 15 is 0 Å². The maximum Gasteiger partial charge on any atom is 0.0893 e. The van der Waals surface area contributed by atoms with Crippen molar-refractivity contribution < 1.29 is 0 Å². The first-order valence-electron chi connectivity index (χ1n) is 9.80. The molecule has 0 bridgehead atoms. The number of fused-ring (bicyclic) bond motifs is 3. The number of rotatable bonds is 2. The first-order chi connectivity index (χ1) is 14.8. The molecule has 140 valence electrons. The number of aromatic nitrogens is 4. The Balaban J connectivity index is 1.46. The quantitative estimate of drug-likeness (QED) is 0.364. The van der Waals surface area contributed by atoms with Crippen LogP contribution in [0.1, 0.15) is 0 Å². The second kappa shape index (κ2) is 6.71. The maximum atomic E-state index is 4.67. The van der Waals surface area contributed by atoms with Crippen molar-refractivity contribution in [2.75, 3.05) is 0 Å². The van der Waals surface area contributed by atoms with Crippen molar-refractivity contribution in [2.45, 2.75) is 0 Å². The lowest BCUT2D eigenvalue weighted by atomic mass is 10.0. The third-order valence-electron chi connectivity index (χ3n) is 5.41. The molecule has 0 unspecified atom stereocenters. The molecule has 0 radical (unpaired) electrons. The Morgan fingerprint density at radius 3 is 2.23 bits per heavy atom. The van der Waals surface area contributed by atoms with E-state index < -0.39 is 0 Å². The van der Waals surface area contributed by atoms with Gasteiger partial charge in [-0.2, -0.15) is 0 Å². The second-order valence-corrected chi connectivity index (χ2v) is 7.31. The highest BCUT2D eigenvalue weighted by atomic mass is 14.8. The Hall–Kier alpha value is -4.18. The van der Waals surface area contributed by atoms with Gasteiger partial charge in [-0.3, -0.25) is 19.9 Å². The van der Waals surface area contributed by atoms with Crippen molar-refractivity contribution in [3.8, 4) is 22.4 Å². The summed E-state index contributed by atoms with van der Waals surface area (Å²) in [5, 5.41) is 3.39. The molecule has 3 aromatic carbocycles. The molecule has 0 amide bonds. The highest BCUT2D eigenvalue weighted by Crippen LogP contribution is 2.29. The molecule has 0 saturated carbocycles. The minimum Gasteiger partial charge on any atom is -0.256 e. The predicted molar refractivity (Wildman–Crippen MR) is 121 cm³/mol. The zero-order chi connectivity index (χ0) is 19.9. The van der Waals surface area contributed by atoms with Crippen LogP contribution in [0.5, 0.6) is 0 Å². The SMILES string of the molecule is c1ccc2ncc(-c3ccc4cnc(-c5ccc6nccnc6c5)cc4c3)cc2c1. The van der Waals surface area contributed by atoms with Crippen LogP contribution in [-0.2, 0) is 0 Å². The molecular weight excluding hydrogens is 368 g/mol. The molecule has 6 aromatic rings. The Labute approximate surface area is 172 Å². The fourth-order valence-electron chi connectivity index (χ4n) is 3.83. The van der Waals surface area contributed by atoms with Crippen LogP contribution in [0.15, 0.2) is 97.6 Å². The van der Waals surface area contributed by atoms with Gasteiger partial charge in [0.1, 0.15) is 0 Å². The summed E-state index contributed by atoms with van der Waals surface area (Å²) in [6, 6.07) is 25.0. The molecule has 0 aliphatic rings. The molecule has 0 aliphatic heterocycles. The highest BCUT2D eigenvalue weighted by molar-refractivity contribution is 5.91. The molecule has 4 nitrogen and oxygen atoms in total. The van der Waals surface area contributed by atoms with Gasteiger partial charge in [-0.1, -0.05) is 36.4 Å². The Morgan fingerprint density at radius 1 is 0.433 bits per heavy atom. The van der Waals surface area contributed by atoms with Gasteiger partial charge in [-0.15, -0.1) is 0 Å². The zero-order valence-electron chi connectivity index (χ0n) is 16.0. The van der Waals surface area contributed by atoms with Crippen molar-refractivity contribution >= 4 is 32.7 Å². The van der Waals surface area contributed by atoms with Crippen LogP contribution >= 0.6 is 0 Å². The summed E-state index contributed by atoms with van der Waals surface area (Å²) in [6.07, 6.45) is 7.28. The van der Waals surface area contributed by atoms with Gasteiger partial charge >= 0.3 is 0 Å². The van der Waals surface area contributed by atoms with E-state index in [0.29, 0.717) is 0 Å². The van der Waals surface area contributed by atoms with Gasteiger partial charge in [0.25, 0.3) is 0 Å². The summed E-state index contributed by atoms with van der Waals surface area (Å²) in [6.45, 7) is 0. The van der Waals surface area contributed by atoms with Crippen LogP contribution in [0.4, 0.5) is 0 Å². The molecule has 0 spiro atoms. The Morgan fingerprint density at radius 2 is 1.27 bits per heavy atom. The molecule has 0 saturated heterocycles. The summed E-state index contributed by atoms with van der Waals surface area (Å²) < 4.78 is 0. The van der Waals surface area contributed by atoms with Crippen molar-refractivity contribution in [3.63, 3.8) is 0 Å². The minimum atomic E-state index is 0.868. The van der Waals surface area contributed by atoms with Crippen LogP contribution in [0, 0.1) is 0 Å². The van der Waals surface area contributed by atoms with Crippen LogP contribution in [-0.4, -0.2) is 19.9 Å².